The average molecular weight is 305 g/mol. The molecule has 1 unspecified atom stereocenters. The summed E-state index contributed by atoms with van der Waals surface area (Å²) in [5.41, 5.74) is 2.02. The minimum atomic E-state index is -0.870. The maximum absolute atomic E-state index is 11.0. The summed E-state index contributed by atoms with van der Waals surface area (Å²) in [6.07, 6.45) is 0. The number of thiophene rings is 1. The van der Waals surface area contributed by atoms with E-state index in [0.29, 0.717) is 18.0 Å². The second kappa shape index (κ2) is 7.24. The number of carboxylic acid groups (broad SMARTS) is 1. The third-order valence-electron chi connectivity index (χ3n) is 3.10. The highest BCUT2D eigenvalue weighted by Crippen LogP contribution is 2.16. The average Bonchev–Trinajstić information content (AvgIpc) is 2.93. The first-order chi connectivity index (χ1) is 10.1. The molecular weight excluding hydrogens is 286 g/mol. The van der Waals surface area contributed by atoms with Crippen LogP contribution < -0.4 is 10.1 Å². The van der Waals surface area contributed by atoms with Gasteiger partial charge in [0.25, 0.3) is 0 Å². The highest BCUT2D eigenvalue weighted by atomic mass is 32.1. The number of carbonyl (C=O) groups is 1. The van der Waals surface area contributed by atoms with Gasteiger partial charge in [-0.05, 0) is 43.0 Å². The lowest BCUT2D eigenvalue weighted by molar-refractivity contribution is 0.0701. The molecule has 1 aromatic heterocycles. The molecule has 0 saturated carbocycles. The third kappa shape index (κ3) is 4.58. The van der Waals surface area contributed by atoms with Crippen LogP contribution in [-0.4, -0.2) is 23.7 Å². The maximum Gasteiger partial charge on any atom is 0.346 e. The van der Waals surface area contributed by atoms with Gasteiger partial charge in [0.1, 0.15) is 17.2 Å². The summed E-state index contributed by atoms with van der Waals surface area (Å²) in [6.45, 7) is 5.12. The molecule has 0 amide bonds. The Hall–Kier alpha value is -1.85. The van der Waals surface area contributed by atoms with E-state index in [4.69, 9.17) is 9.84 Å². The predicted molar refractivity (Wildman–Crippen MR) is 84.3 cm³/mol. The van der Waals surface area contributed by atoms with Crippen molar-refractivity contribution in [1.29, 1.82) is 0 Å². The fourth-order valence-electron chi connectivity index (χ4n) is 1.86. The SMILES string of the molecule is Cc1ccc(OCC(C)NCc2ccsc2C(=O)O)cc1. The Kier molecular flexibility index (Phi) is 5.36. The van der Waals surface area contributed by atoms with Crippen LogP contribution in [0.15, 0.2) is 35.7 Å². The summed E-state index contributed by atoms with van der Waals surface area (Å²) in [7, 11) is 0. The second-order valence-corrected chi connectivity index (χ2v) is 5.90. The quantitative estimate of drug-likeness (QED) is 0.824. The van der Waals surface area contributed by atoms with Gasteiger partial charge in [-0.1, -0.05) is 17.7 Å². The summed E-state index contributed by atoms with van der Waals surface area (Å²) in [6, 6.07) is 9.89. The molecule has 1 heterocycles. The molecule has 0 bridgehead atoms. The van der Waals surface area contributed by atoms with Crippen LogP contribution in [0.4, 0.5) is 0 Å². The first-order valence-electron chi connectivity index (χ1n) is 6.79. The number of nitrogens with one attached hydrogen (secondary N) is 1. The molecule has 2 N–H and O–H groups in total. The van der Waals surface area contributed by atoms with Crippen molar-refractivity contribution in [2.75, 3.05) is 6.61 Å². The van der Waals surface area contributed by atoms with E-state index in [9.17, 15) is 4.79 Å². The molecule has 1 atom stereocenters. The number of aryl methyl sites for hydroxylation is 1. The van der Waals surface area contributed by atoms with E-state index in [1.165, 1.54) is 16.9 Å². The lowest BCUT2D eigenvalue weighted by atomic mass is 10.2. The van der Waals surface area contributed by atoms with Crippen molar-refractivity contribution in [3.63, 3.8) is 0 Å². The molecule has 4 nitrogen and oxygen atoms in total. The van der Waals surface area contributed by atoms with Gasteiger partial charge in [0.2, 0.25) is 0 Å². The molecule has 5 heteroatoms. The van der Waals surface area contributed by atoms with Gasteiger partial charge in [0.15, 0.2) is 0 Å². The van der Waals surface area contributed by atoms with Crippen LogP contribution in [0.25, 0.3) is 0 Å². The second-order valence-electron chi connectivity index (χ2n) is 4.99. The smallest absolute Gasteiger partial charge is 0.346 e. The summed E-state index contributed by atoms with van der Waals surface area (Å²) < 4.78 is 5.69. The Balaban J connectivity index is 1.79. The van der Waals surface area contributed by atoms with Crippen LogP contribution in [-0.2, 0) is 6.54 Å². The Morgan fingerprint density at radius 3 is 2.71 bits per heavy atom. The van der Waals surface area contributed by atoms with E-state index in [-0.39, 0.29) is 6.04 Å². The molecule has 0 spiro atoms. The van der Waals surface area contributed by atoms with Crippen LogP contribution in [0.5, 0.6) is 5.75 Å². The standard InChI is InChI=1S/C16H19NO3S/c1-11-3-5-14(6-4-11)20-10-12(2)17-9-13-7-8-21-15(13)16(18)19/h3-8,12,17H,9-10H2,1-2H3,(H,18,19). The Morgan fingerprint density at radius 1 is 1.33 bits per heavy atom. The fourth-order valence-corrected chi connectivity index (χ4v) is 2.62. The number of rotatable bonds is 7. The minimum Gasteiger partial charge on any atom is -0.492 e. The molecule has 2 rings (SSSR count). The zero-order valence-electron chi connectivity index (χ0n) is 12.1. The molecular formula is C16H19NO3S. The van der Waals surface area contributed by atoms with Crippen molar-refractivity contribution in [1.82, 2.24) is 5.32 Å². The molecule has 21 heavy (non-hydrogen) atoms. The Labute approximate surface area is 128 Å². The molecule has 112 valence electrons. The normalized spacial score (nSPS) is 12.1. The van der Waals surface area contributed by atoms with Crippen LogP contribution in [0, 0.1) is 6.92 Å². The van der Waals surface area contributed by atoms with Gasteiger partial charge < -0.3 is 15.2 Å². The van der Waals surface area contributed by atoms with Gasteiger partial charge in [-0.3, -0.25) is 0 Å². The van der Waals surface area contributed by atoms with E-state index >= 15 is 0 Å². The number of aromatic carboxylic acids is 1. The third-order valence-corrected chi connectivity index (χ3v) is 4.05. The van der Waals surface area contributed by atoms with E-state index in [0.717, 1.165) is 11.3 Å². The van der Waals surface area contributed by atoms with E-state index in [1.807, 2.05) is 44.2 Å². The van der Waals surface area contributed by atoms with Gasteiger partial charge in [-0.2, -0.15) is 0 Å². The number of ether oxygens (including phenoxy) is 1. The molecule has 0 aliphatic rings. The summed E-state index contributed by atoms with van der Waals surface area (Å²) in [5, 5.41) is 14.1. The molecule has 0 radical (unpaired) electrons. The van der Waals surface area contributed by atoms with Crippen molar-refractivity contribution in [3.05, 3.63) is 51.7 Å². The monoisotopic (exact) mass is 305 g/mol. The number of hydrogen-bond donors (Lipinski definition) is 2. The summed E-state index contributed by atoms with van der Waals surface area (Å²) >= 11 is 1.25. The van der Waals surface area contributed by atoms with Gasteiger partial charge in [0, 0.05) is 12.6 Å². The number of hydrogen-bond acceptors (Lipinski definition) is 4. The van der Waals surface area contributed by atoms with Gasteiger partial charge >= 0.3 is 5.97 Å². The zero-order valence-corrected chi connectivity index (χ0v) is 12.9. The van der Waals surface area contributed by atoms with E-state index in [2.05, 4.69) is 5.32 Å². The highest BCUT2D eigenvalue weighted by Gasteiger charge is 2.12. The maximum atomic E-state index is 11.0. The Morgan fingerprint density at radius 2 is 2.05 bits per heavy atom. The molecule has 2 aromatic rings. The molecule has 0 saturated heterocycles. The van der Waals surface area contributed by atoms with Crippen LogP contribution in [0.3, 0.4) is 0 Å². The summed E-state index contributed by atoms with van der Waals surface area (Å²) in [4.78, 5) is 11.4. The van der Waals surface area contributed by atoms with Crippen molar-refractivity contribution in [2.45, 2.75) is 26.4 Å². The van der Waals surface area contributed by atoms with Crippen molar-refractivity contribution in [2.24, 2.45) is 0 Å². The van der Waals surface area contributed by atoms with Crippen molar-refractivity contribution in [3.8, 4) is 5.75 Å². The van der Waals surface area contributed by atoms with Gasteiger partial charge in [-0.25, -0.2) is 4.79 Å². The number of carboxylic acids is 1. The van der Waals surface area contributed by atoms with Gasteiger partial charge in [-0.15, -0.1) is 11.3 Å². The Bertz CT molecular complexity index is 592. The predicted octanol–water partition coefficient (Wildman–Crippen LogP) is 3.31. The highest BCUT2D eigenvalue weighted by molar-refractivity contribution is 7.12. The lowest BCUT2D eigenvalue weighted by Crippen LogP contribution is -2.31. The molecule has 0 aliphatic carbocycles. The van der Waals surface area contributed by atoms with Crippen LogP contribution in [0.2, 0.25) is 0 Å². The van der Waals surface area contributed by atoms with Crippen LogP contribution in [0.1, 0.15) is 27.7 Å². The molecule has 0 aliphatic heterocycles. The van der Waals surface area contributed by atoms with Crippen molar-refractivity contribution < 1.29 is 14.6 Å². The zero-order chi connectivity index (χ0) is 15.2. The van der Waals surface area contributed by atoms with E-state index in [1.54, 1.807) is 5.38 Å². The summed E-state index contributed by atoms with van der Waals surface area (Å²) in [5.74, 6) is -0.0265. The molecule has 0 fully saturated rings. The van der Waals surface area contributed by atoms with Crippen LogP contribution >= 0.6 is 11.3 Å². The minimum absolute atomic E-state index is 0.132. The first-order valence-corrected chi connectivity index (χ1v) is 7.66. The fraction of sp³-hybridized carbons (Fsp3) is 0.312. The largest absolute Gasteiger partial charge is 0.492 e. The number of benzene rings is 1. The first kappa shape index (κ1) is 15.5. The topological polar surface area (TPSA) is 58.6 Å². The lowest BCUT2D eigenvalue weighted by Gasteiger charge is -2.15. The van der Waals surface area contributed by atoms with Gasteiger partial charge in [0.05, 0.1) is 0 Å². The molecule has 1 aromatic carbocycles. The van der Waals surface area contributed by atoms with Crippen molar-refractivity contribution >= 4 is 17.3 Å². The van der Waals surface area contributed by atoms with E-state index < -0.39 is 5.97 Å².